The molecule has 1 fully saturated rings. The van der Waals surface area contributed by atoms with Crippen LogP contribution in [0.15, 0.2) is 72.8 Å². The third-order valence-corrected chi connectivity index (χ3v) is 12.6. The van der Waals surface area contributed by atoms with Gasteiger partial charge in [-0.05, 0) is 123 Å². The molecule has 0 unspecified atom stereocenters. The number of benzene rings is 3. The fourth-order valence-corrected chi connectivity index (χ4v) is 9.66. The number of rotatable bonds is 13. The number of amides is 2. The minimum atomic E-state index is -3.62. The van der Waals surface area contributed by atoms with Crippen LogP contribution in [0.5, 0.6) is 0 Å². The van der Waals surface area contributed by atoms with Crippen LogP contribution in [0.25, 0.3) is 0 Å². The highest BCUT2D eigenvalue weighted by atomic mass is 32.2. The summed E-state index contributed by atoms with van der Waals surface area (Å²) >= 11 is 1.42. The van der Waals surface area contributed by atoms with Crippen molar-refractivity contribution in [3.05, 3.63) is 117 Å². The lowest BCUT2D eigenvalue weighted by Gasteiger charge is -2.34. The molecule has 2 amide bonds. The first-order valence-corrected chi connectivity index (χ1v) is 20.5. The SMILES string of the molecule is CS(=O)(=O)N(Cc1cccc(C(=O)Nc2sc3c(c2C(=O)Nc2ccc(CCc4ccc(C(=O)O)cc4)cc2)CCCC3)c1)C1CCC(C(=O)O)CC1. The van der Waals surface area contributed by atoms with Crippen molar-refractivity contribution in [2.24, 2.45) is 5.92 Å². The highest BCUT2D eigenvalue weighted by molar-refractivity contribution is 7.88. The molecule has 0 aliphatic heterocycles. The van der Waals surface area contributed by atoms with Crippen LogP contribution in [-0.2, 0) is 47.0 Å². The smallest absolute Gasteiger partial charge is 0.335 e. The fourth-order valence-electron chi connectivity index (χ4n) is 7.24. The fraction of sp³-hybridized carbons (Fsp3) is 0.350. The number of carboxylic acids is 2. The van der Waals surface area contributed by atoms with Gasteiger partial charge in [-0.1, -0.05) is 36.4 Å². The van der Waals surface area contributed by atoms with E-state index in [1.54, 1.807) is 36.4 Å². The Hall–Kier alpha value is -4.85. The number of aliphatic carboxylic acids is 1. The zero-order chi connectivity index (χ0) is 37.7. The number of carbonyl (C=O) groups excluding carboxylic acids is 2. The Morgan fingerprint density at radius 2 is 1.42 bits per heavy atom. The Bertz CT molecular complexity index is 2100. The molecule has 53 heavy (non-hydrogen) atoms. The van der Waals surface area contributed by atoms with E-state index in [1.807, 2.05) is 36.4 Å². The lowest BCUT2D eigenvalue weighted by molar-refractivity contribution is -0.143. The molecule has 2 aliphatic carbocycles. The topological polar surface area (TPSA) is 170 Å². The molecule has 0 saturated heterocycles. The number of carboxylic acid groups (broad SMARTS) is 2. The maximum atomic E-state index is 13.8. The molecule has 1 heterocycles. The first-order chi connectivity index (χ1) is 25.4. The number of aromatic carboxylic acids is 1. The van der Waals surface area contributed by atoms with Crippen molar-refractivity contribution in [3.8, 4) is 0 Å². The number of aryl methyl sites for hydroxylation is 3. The van der Waals surface area contributed by atoms with Gasteiger partial charge in [-0.2, -0.15) is 4.31 Å². The van der Waals surface area contributed by atoms with Gasteiger partial charge in [-0.15, -0.1) is 11.3 Å². The first kappa shape index (κ1) is 37.9. The quantitative estimate of drug-likeness (QED) is 0.113. The second kappa shape index (κ2) is 16.4. The maximum Gasteiger partial charge on any atom is 0.335 e. The predicted octanol–water partition coefficient (Wildman–Crippen LogP) is 7.02. The van der Waals surface area contributed by atoms with Crippen LogP contribution < -0.4 is 10.6 Å². The monoisotopic (exact) mass is 757 g/mol. The number of hydrogen-bond acceptors (Lipinski definition) is 7. The number of nitrogens with zero attached hydrogens (tertiary/aromatic N) is 1. The van der Waals surface area contributed by atoms with Gasteiger partial charge in [-0.25, -0.2) is 13.2 Å². The number of sulfonamides is 1. The summed E-state index contributed by atoms with van der Waals surface area (Å²) in [5.41, 5.74) is 5.35. The number of anilines is 2. The van der Waals surface area contributed by atoms with E-state index in [-0.39, 0.29) is 24.1 Å². The molecule has 1 saturated carbocycles. The molecule has 0 spiro atoms. The summed E-state index contributed by atoms with van der Waals surface area (Å²) in [5.74, 6) is -2.99. The molecule has 6 rings (SSSR count). The van der Waals surface area contributed by atoms with E-state index in [9.17, 15) is 32.7 Å². The van der Waals surface area contributed by atoms with Gasteiger partial charge in [0.25, 0.3) is 11.8 Å². The van der Waals surface area contributed by atoms with Crippen molar-refractivity contribution in [1.82, 2.24) is 4.31 Å². The van der Waals surface area contributed by atoms with Crippen LogP contribution in [0, 0.1) is 5.92 Å². The predicted molar refractivity (Wildman–Crippen MR) is 204 cm³/mol. The normalized spacial score (nSPS) is 17.2. The van der Waals surface area contributed by atoms with Gasteiger partial charge in [0.05, 0.1) is 23.3 Å². The van der Waals surface area contributed by atoms with E-state index in [1.165, 1.54) is 15.6 Å². The van der Waals surface area contributed by atoms with Crippen molar-refractivity contribution in [2.75, 3.05) is 16.9 Å². The summed E-state index contributed by atoms with van der Waals surface area (Å²) in [4.78, 5) is 51.2. The van der Waals surface area contributed by atoms with Gasteiger partial charge >= 0.3 is 11.9 Å². The molecule has 278 valence electrons. The summed E-state index contributed by atoms with van der Waals surface area (Å²) < 4.78 is 27.1. The first-order valence-electron chi connectivity index (χ1n) is 17.8. The van der Waals surface area contributed by atoms with Gasteiger partial charge < -0.3 is 20.8 Å². The van der Waals surface area contributed by atoms with E-state index in [2.05, 4.69) is 10.6 Å². The van der Waals surface area contributed by atoms with Crippen molar-refractivity contribution >= 4 is 55.8 Å². The third kappa shape index (κ3) is 9.39. The number of fused-ring (bicyclic) bond motifs is 1. The zero-order valence-electron chi connectivity index (χ0n) is 29.5. The molecule has 0 bridgehead atoms. The van der Waals surface area contributed by atoms with Gasteiger partial charge in [-0.3, -0.25) is 14.4 Å². The lowest BCUT2D eigenvalue weighted by atomic mass is 9.86. The zero-order valence-corrected chi connectivity index (χ0v) is 31.1. The Kier molecular flexibility index (Phi) is 11.8. The van der Waals surface area contributed by atoms with E-state index in [0.717, 1.165) is 66.3 Å². The lowest BCUT2D eigenvalue weighted by Crippen LogP contribution is -2.42. The molecule has 13 heteroatoms. The summed E-state index contributed by atoms with van der Waals surface area (Å²) in [6.07, 6.45) is 7.88. The molecule has 4 aromatic rings. The molecule has 0 radical (unpaired) electrons. The van der Waals surface area contributed by atoms with E-state index < -0.39 is 33.8 Å². The Balaban J connectivity index is 1.13. The average Bonchev–Trinajstić information content (AvgIpc) is 3.51. The summed E-state index contributed by atoms with van der Waals surface area (Å²) in [5, 5.41) is 25.0. The van der Waals surface area contributed by atoms with Crippen LogP contribution in [-0.4, -0.2) is 59.0 Å². The summed E-state index contributed by atoms with van der Waals surface area (Å²) in [7, 11) is -3.62. The van der Waals surface area contributed by atoms with E-state index in [4.69, 9.17) is 5.11 Å². The molecule has 1 aromatic heterocycles. The summed E-state index contributed by atoms with van der Waals surface area (Å²) in [6.45, 7) is 0.0575. The van der Waals surface area contributed by atoms with Crippen LogP contribution in [0.4, 0.5) is 10.7 Å². The van der Waals surface area contributed by atoms with Gasteiger partial charge in [0.1, 0.15) is 5.00 Å². The highest BCUT2D eigenvalue weighted by Gasteiger charge is 2.33. The molecule has 0 atom stereocenters. The molecule has 3 aromatic carbocycles. The number of thiophene rings is 1. The molecular weight excluding hydrogens is 715 g/mol. The van der Waals surface area contributed by atoms with Gasteiger partial charge in [0, 0.05) is 28.7 Å². The molecular formula is C40H43N3O8S2. The van der Waals surface area contributed by atoms with E-state index in [0.29, 0.717) is 53.1 Å². The van der Waals surface area contributed by atoms with Gasteiger partial charge in [0.15, 0.2) is 0 Å². The van der Waals surface area contributed by atoms with Crippen molar-refractivity contribution in [1.29, 1.82) is 0 Å². The van der Waals surface area contributed by atoms with Crippen molar-refractivity contribution < 1.29 is 37.8 Å². The van der Waals surface area contributed by atoms with Crippen molar-refractivity contribution in [3.63, 3.8) is 0 Å². The van der Waals surface area contributed by atoms with Crippen molar-refractivity contribution in [2.45, 2.75) is 76.8 Å². The minimum absolute atomic E-state index is 0.0575. The molecule has 4 N–H and O–H groups in total. The minimum Gasteiger partial charge on any atom is -0.481 e. The van der Waals surface area contributed by atoms with Crippen LogP contribution in [0.3, 0.4) is 0 Å². The highest BCUT2D eigenvalue weighted by Crippen LogP contribution is 2.39. The van der Waals surface area contributed by atoms with Crippen LogP contribution >= 0.6 is 11.3 Å². The second-order valence-corrected chi connectivity index (χ2v) is 16.9. The maximum absolute atomic E-state index is 13.8. The Labute approximate surface area is 313 Å². The number of hydrogen-bond donors (Lipinski definition) is 4. The van der Waals surface area contributed by atoms with Crippen LogP contribution in [0.2, 0.25) is 0 Å². The molecule has 2 aliphatic rings. The largest absolute Gasteiger partial charge is 0.481 e. The second-order valence-electron chi connectivity index (χ2n) is 13.9. The summed E-state index contributed by atoms with van der Waals surface area (Å²) in [6, 6.07) is 20.9. The van der Waals surface area contributed by atoms with E-state index >= 15 is 0 Å². The molecule has 11 nitrogen and oxygen atoms in total. The third-order valence-electron chi connectivity index (χ3n) is 10.1. The number of nitrogens with one attached hydrogen (secondary N) is 2. The Morgan fingerprint density at radius 3 is 2.04 bits per heavy atom. The average molecular weight is 758 g/mol. The van der Waals surface area contributed by atoms with Gasteiger partial charge in [0.2, 0.25) is 10.0 Å². The van der Waals surface area contributed by atoms with Crippen LogP contribution in [0.1, 0.15) is 96.7 Å². The Morgan fingerprint density at radius 1 is 0.774 bits per heavy atom. The number of carbonyl (C=O) groups is 4. The standard InChI is InChI=1S/C40H43N3O8S2/c1-53(50,51)43(32-21-17-29(18-22-32)40(48)49)24-27-5-4-6-30(23-27)36(44)42-38-35(33-7-2-3-8-34(33)52-38)37(45)41-31-19-13-26(14-20-31)10-9-25-11-15-28(16-12-25)39(46)47/h4-6,11-16,19-20,23,29,32H,2-3,7-10,17-18,21-22,24H2,1H3,(H,41,45)(H,42,44)(H,46,47)(H,48,49).